The Morgan fingerprint density at radius 3 is 2.53 bits per heavy atom. The number of hydrogen-bond acceptors (Lipinski definition) is 5. The minimum Gasteiger partial charge on any atom is -0.480 e. The van der Waals surface area contributed by atoms with Crippen molar-refractivity contribution in [2.24, 2.45) is 5.16 Å². The third kappa shape index (κ3) is 5.26. The number of amides is 1. The Morgan fingerprint density at radius 2 is 2.13 bits per heavy atom. The summed E-state index contributed by atoms with van der Waals surface area (Å²) < 4.78 is 0. The van der Waals surface area contributed by atoms with Gasteiger partial charge in [-0.2, -0.15) is 11.8 Å². The molecule has 0 bridgehead atoms. The van der Waals surface area contributed by atoms with Crippen LogP contribution in [0.4, 0.5) is 0 Å². The van der Waals surface area contributed by atoms with E-state index in [4.69, 9.17) is 10.3 Å². The number of carboxylic acids is 1. The number of carbonyl (C=O) groups is 2. The first-order valence-corrected chi connectivity index (χ1v) is 5.63. The van der Waals surface area contributed by atoms with Crippen LogP contribution in [0, 0.1) is 0 Å². The molecular weight excluding hydrogens is 220 g/mol. The summed E-state index contributed by atoms with van der Waals surface area (Å²) in [6.45, 7) is 1.29. The number of thioether (sulfide) groups is 1. The molecule has 0 aromatic rings. The molecule has 0 aliphatic heterocycles. The van der Waals surface area contributed by atoms with Crippen LogP contribution in [0.1, 0.15) is 13.3 Å². The second-order valence-electron chi connectivity index (χ2n) is 2.83. The lowest BCUT2D eigenvalue weighted by atomic mass is 10.2. The Morgan fingerprint density at radius 1 is 1.53 bits per heavy atom. The summed E-state index contributed by atoms with van der Waals surface area (Å²) in [6, 6.07) is -0.943. The third-order valence-electron chi connectivity index (χ3n) is 1.69. The van der Waals surface area contributed by atoms with Crippen LogP contribution >= 0.6 is 11.8 Å². The molecule has 3 N–H and O–H groups in total. The smallest absolute Gasteiger partial charge is 0.326 e. The molecule has 1 amide bonds. The maximum atomic E-state index is 11.2. The molecule has 0 spiro atoms. The van der Waals surface area contributed by atoms with Crippen molar-refractivity contribution in [1.29, 1.82) is 0 Å². The molecule has 6 nitrogen and oxygen atoms in total. The second-order valence-corrected chi connectivity index (χ2v) is 3.82. The first-order valence-electron chi connectivity index (χ1n) is 4.24. The molecule has 15 heavy (non-hydrogen) atoms. The second kappa shape index (κ2) is 7.10. The molecule has 1 atom stereocenters. The molecule has 0 fully saturated rings. The van der Waals surface area contributed by atoms with Crippen LogP contribution in [-0.4, -0.2) is 46.0 Å². The van der Waals surface area contributed by atoms with Crippen LogP contribution in [0.15, 0.2) is 5.16 Å². The van der Waals surface area contributed by atoms with Crippen molar-refractivity contribution in [2.45, 2.75) is 19.4 Å². The van der Waals surface area contributed by atoms with E-state index in [1.54, 1.807) is 0 Å². The van der Waals surface area contributed by atoms with Gasteiger partial charge in [-0.15, -0.1) is 0 Å². The summed E-state index contributed by atoms with van der Waals surface area (Å²) in [5.74, 6) is -1.14. The Kier molecular flexibility index (Phi) is 6.52. The molecule has 0 rings (SSSR count). The van der Waals surface area contributed by atoms with E-state index in [0.717, 1.165) is 0 Å². The van der Waals surface area contributed by atoms with Gasteiger partial charge in [-0.05, 0) is 25.4 Å². The van der Waals surface area contributed by atoms with Gasteiger partial charge in [0, 0.05) is 0 Å². The van der Waals surface area contributed by atoms with Crippen LogP contribution in [0.25, 0.3) is 0 Å². The summed E-state index contributed by atoms with van der Waals surface area (Å²) in [6.07, 6.45) is 2.18. The van der Waals surface area contributed by atoms with E-state index in [1.807, 2.05) is 6.26 Å². The maximum Gasteiger partial charge on any atom is 0.326 e. The standard InChI is InChI=1S/C8H14N2O4S/c1-5(10-14)7(11)9-6(8(12)13)3-4-15-2/h6,14H,3-4H2,1-2H3,(H,9,11)(H,12,13)/b10-5+/t6-/m0/s1. The van der Waals surface area contributed by atoms with Gasteiger partial charge in [-0.3, -0.25) is 4.79 Å². The average molecular weight is 234 g/mol. The lowest BCUT2D eigenvalue weighted by molar-refractivity contribution is -0.141. The average Bonchev–Trinajstić information content (AvgIpc) is 2.22. The number of nitrogens with zero attached hydrogens (tertiary/aromatic N) is 1. The quantitative estimate of drug-likeness (QED) is 0.345. The first kappa shape index (κ1) is 13.8. The van der Waals surface area contributed by atoms with Gasteiger partial charge in [0.15, 0.2) is 0 Å². The number of oxime groups is 1. The number of carbonyl (C=O) groups excluding carboxylic acids is 1. The van der Waals surface area contributed by atoms with Gasteiger partial charge >= 0.3 is 5.97 Å². The molecule has 0 saturated heterocycles. The van der Waals surface area contributed by atoms with E-state index in [0.29, 0.717) is 12.2 Å². The summed E-state index contributed by atoms with van der Waals surface area (Å²) in [7, 11) is 0. The number of hydrogen-bond donors (Lipinski definition) is 3. The maximum absolute atomic E-state index is 11.2. The Labute approximate surface area is 91.7 Å². The van der Waals surface area contributed by atoms with Gasteiger partial charge in [-0.25, -0.2) is 4.79 Å². The van der Waals surface area contributed by atoms with Gasteiger partial charge in [0.05, 0.1) is 0 Å². The van der Waals surface area contributed by atoms with Crippen molar-refractivity contribution in [3.05, 3.63) is 0 Å². The van der Waals surface area contributed by atoms with Gasteiger partial charge in [0.25, 0.3) is 5.91 Å². The minimum absolute atomic E-state index is 0.162. The molecule has 0 unspecified atom stereocenters. The summed E-state index contributed by atoms with van der Waals surface area (Å²) >= 11 is 1.49. The molecule has 0 heterocycles. The van der Waals surface area contributed by atoms with E-state index in [-0.39, 0.29) is 5.71 Å². The highest BCUT2D eigenvalue weighted by atomic mass is 32.2. The van der Waals surface area contributed by atoms with Gasteiger partial charge in [0.1, 0.15) is 11.8 Å². The molecule has 7 heteroatoms. The minimum atomic E-state index is -1.09. The fourth-order valence-electron chi connectivity index (χ4n) is 0.801. The summed E-state index contributed by atoms with van der Waals surface area (Å²) in [4.78, 5) is 21.9. The highest BCUT2D eigenvalue weighted by Crippen LogP contribution is 2.01. The Bertz CT molecular complexity index is 267. The van der Waals surface area contributed by atoms with Crippen molar-refractivity contribution < 1.29 is 19.9 Å². The highest BCUT2D eigenvalue weighted by Gasteiger charge is 2.20. The SMILES string of the molecule is CSCC[C@H](NC(=O)/C(C)=N/O)C(=O)O. The van der Waals surface area contributed by atoms with Crippen LogP contribution in [0.5, 0.6) is 0 Å². The van der Waals surface area contributed by atoms with Gasteiger partial charge in [-0.1, -0.05) is 5.16 Å². The molecule has 0 aromatic carbocycles. The van der Waals surface area contributed by atoms with E-state index < -0.39 is 17.9 Å². The predicted octanol–water partition coefficient (Wildman–Crippen LogP) is 0.159. The molecule has 0 aliphatic carbocycles. The monoisotopic (exact) mass is 234 g/mol. The zero-order chi connectivity index (χ0) is 11.8. The van der Waals surface area contributed by atoms with E-state index in [9.17, 15) is 9.59 Å². The Balaban J connectivity index is 4.29. The number of rotatable bonds is 6. The lowest BCUT2D eigenvalue weighted by Gasteiger charge is -2.12. The molecular formula is C8H14N2O4S. The van der Waals surface area contributed by atoms with Crippen LogP contribution in [0.3, 0.4) is 0 Å². The topological polar surface area (TPSA) is 99.0 Å². The molecule has 0 saturated carbocycles. The van der Waals surface area contributed by atoms with Crippen LogP contribution in [0.2, 0.25) is 0 Å². The number of carboxylic acid groups (broad SMARTS) is 1. The normalized spacial score (nSPS) is 13.3. The molecule has 0 aliphatic rings. The Hall–Kier alpha value is -1.24. The third-order valence-corrected chi connectivity index (χ3v) is 2.34. The van der Waals surface area contributed by atoms with Crippen molar-refractivity contribution >= 4 is 29.4 Å². The number of aliphatic carboxylic acids is 1. The van der Waals surface area contributed by atoms with Gasteiger partial charge < -0.3 is 15.6 Å². The molecule has 0 aromatic heterocycles. The van der Waals surface area contributed by atoms with Crippen LogP contribution in [-0.2, 0) is 9.59 Å². The predicted molar refractivity (Wildman–Crippen MR) is 57.5 cm³/mol. The molecule has 86 valence electrons. The van der Waals surface area contributed by atoms with E-state index in [1.165, 1.54) is 18.7 Å². The zero-order valence-electron chi connectivity index (χ0n) is 8.56. The van der Waals surface area contributed by atoms with Crippen molar-refractivity contribution in [3.63, 3.8) is 0 Å². The first-order chi connectivity index (χ1) is 7.02. The number of nitrogens with one attached hydrogen (secondary N) is 1. The van der Waals surface area contributed by atoms with Crippen molar-refractivity contribution in [2.75, 3.05) is 12.0 Å². The zero-order valence-corrected chi connectivity index (χ0v) is 9.37. The van der Waals surface area contributed by atoms with Crippen LogP contribution < -0.4 is 5.32 Å². The largest absolute Gasteiger partial charge is 0.480 e. The van der Waals surface area contributed by atoms with Gasteiger partial charge in [0.2, 0.25) is 0 Å². The van der Waals surface area contributed by atoms with E-state index >= 15 is 0 Å². The summed E-state index contributed by atoms with van der Waals surface area (Å²) in [5, 5.41) is 22.0. The van der Waals surface area contributed by atoms with Crippen molar-refractivity contribution in [1.82, 2.24) is 5.32 Å². The lowest BCUT2D eigenvalue weighted by Crippen LogP contribution is -2.43. The fraction of sp³-hybridized carbons (Fsp3) is 0.625. The molecule has 0 radical (unpaired) electrons. The highest BCUT2D eigenvalue weighted by molar-refractivity contribution is 7.98. The summed E-state index contributed by atoms with van der Waals surface area (Å²) in [5.41, 5.74) is -0.162. The fourth-order valence-corrected chi connectivity index (χ4v) is 1.27. The van der Waals surface area contributed by atoms with Crippen molar-refractivity contribution in [3.8, 4) is 0 Å². The van der Waals surface area contributed by atoms with E-state index in [2.05, 4.69) is 10.5 Å².